The number of nitrogens with zero attached hydrogens (tertiary/aromatic N) is 1. The van der Waals surface area contributed by atoms with Crippen LogP contribution in [-0.4, -0.2) is 31.7 Å². The number of rotatable bonds is 1. The molecule has 0 radical (unpaired) electrons. The number of hydrogen-bond donors (Lipinski definition) is 0. The molecule has 1 heteroatoms. The van der Waals surface area contributed by atoms with E-state index < -0.39 is 0 Å². The van der Waals surface area contributed by atoms with Gasteiger partial charge in [-0.1, -0.05) is 19.1 Å². The Kier molecular flexibility index (Phi) is 2.38. The van der Waals surface area contributed by atoms with Crippen LogP contribution >= 0.6 is 0 Å². The van der Waals surface area contributed by atoms with Crippen molar-refractivity contribution < 1.29 is 4.48 Å². The van der Waals surface area contributed by atoms with Crippen molar-refractivity contribution in [1.82, 2.24) is 0 Å². The average Bonchev–Trinajstić information content (AvgIpc) is 2.07. The van der Waals surface area contributed by atoms with Crippen LogP contribution in [0.3, 0.4) is 0 Å². The number of quaternary nitrogens is 1. The molecule has 64 valence electrons. The van der Waals surface area contributed by atoms with Gasteiger partial charge in [-0.15, -0.1) is 0 Å². The van der Waals surface area contributed by atoms with E-state index in [4.69, 9.17) is 0 Å². The fraction of sp³-hybridized carbons (Fsp3) is 0.800. The molecule has 0 amide bonds. The molecule has 0 bridgehead atoms. The second kappa shape index (κ2) is 2.98. The maximum Gasteiger partial charge on any atom is 0.0851 e. The summed E-state index contributed by atoms with van der Waals surface area (Å²) in [7, 11) is 4.64. The van der Waals surface area contributed by atoms with Gasteiger partial charge in [-0.05, 0) is 6.92 Å². The fourth-order valence-corrected chi connectivity index (χ4v) is 2.24. The first kappa shape index (κ1) is 8.79. The lowest BCUT2D eigenvalue weighted by Gasteiger charge is -2.23. The molecule has 1 fully saturated rings. The quantitative estimate of drug-likeness (QED) is 0.400. The summed E-state index contributed by atoms with van der Waals surface area (Å²) in [6.07, 6.45) is 4.55. The van der Waals surface area contributed by atoms with Gasteiger partial charge in [-0.3, -0.25) is 0 Å². The van der Waals surface area contributed by atoms with E-state index in [1.165, 1.54) is 17.6 Å². The molecule has 1 heterocycles. The Morgan fingerprint density at radius 3 is 2.27 bits per heavy atom. The van der Waals surface area contributed by atoms with E-state index in [0.29, 0.717) is 0 Å². The van der Waals surface area contributed by atoms with E-state index in [2.05, 4.69) is 40.1 Å². The van der Waals surface area contributed by atoms with E-state index >= 15 is 0 Å². The van der Waals surface area contributed by atoms with Crippen molar-refractivity contribution in [2.45, 2.75) is 13.8 Å². The van der Waals surface area contributed by atoms with Gasteiger partial charge < -0.3 is 4.48 Å². The van der Waals surface area contributed by atoms with E-state index in [1.54, 1.807) is 0 Å². The standard InChI is InChI=1S/C10H20N/c1-5-6-10-8-11(3,4)7-9(10)2/h5-6,9-10H,7-8H2,1-4H3/q+1/b6-5+. The maximum atomic E-state index is 2.36. The Bertz CT molecular complexity index is 158. The summed E-state index contributed by atoms with van der Waals surface area (Å²) in [4.78, 5) is 0. The van der Waals surface area contributed by atoms with E-state index in [9.17, 15) is 0 Å². The Labute approximate surface area is 70.3 Å². The van der Waals surface area contributed by atoms with Crippen LogP contribution in [0.2, 0.25) is 0 Å². The zero-order valence-electron chi connectivity index (χ0n) is 8.17. The van der Waals surface area contributed by atoms with E-state index in [1.807, 2.05) is 0 Å². The second-order valence-corrected chi connectivity index (χ2v) is 4.47. The van der Waals surface area contributed by atoms with Gasteiger partial charge >= 0.3 is 0 Å². The summed E-state index contributed by atoms with van der Waals surface area (Å²) in [5.74, 6) is 1.68. The highest BCUT2D eigenvalue weighted by Crippen LogP contribution is 2.26. The summed E-state index contributed by atoms with van der Waals surface area (Å²) in [6.45, 7) is 7.11. The molecule has 2 atom stereocenters. The van der Waals surface area contributed by atoms with Gasteiger partial charge in [-0.2, -0.15) is 0 Å². The van der Waals surface area contributed by atoms with Gasteiger partial charge in [0.15, 0.2) is 0 Å². The molecule has 0 spiro atoms. The molecule has 1 aliphatic heterocycles. The van der Waals surface area contributed by atoms with E-state index in [-0.39, 0.29) is 0 Å². The highest BCUT2D eigenvalue weighted by Gasteiger charge is 2.35. The molecular formula is C10H20N+. The average molecular weight is 154 g/mol. The van der Waals surface area contributed by atoms with Gasteiger partial charge in [-0.25, -0.2) is 0 Å². The van der Waals surface area contributed by atoms with Gasteiger partial charge in [0, 0.05) is 11.8 Å². The highest BCUT2D eigenvalue weighted by atomic mass is 15.3. The fourth-order valence-electron chi connectivity index (χ4n) is 2.24. The minimum absolute atomic E-state index is 0.815. The Hall–Kier alpha value is -0.300. The van der Waals surface area contributed by atoms with Gasteiger partial charge in [0.1, 0.15) is 0 Å². The molecule has 0 N–H and O–H groups in total. The van der Waals surface area contributed by atoms with Gasteiger partial charge in [0.05, 0.1) is 27.2 Å². The SMILES string of the molecule is C/C=C/C1C[N+](C)(C)CC1C. The van der Waals surface area contributed by atoms with Crippen LogP contribution in [-0.2, 0) is 0 Å². The molecule has 1 rings (SSSR count). The van der Waals surface area contributed by atoms with Gasteiger partial charge in [0.2, 0.25) is 0 Å². The van der Waals surface area contributed by atoms with Crippen LogP contribution in [0, 0.1) is 11.8 Å². The van der Waals surface area contributed by atoms with E-state index in [0.717, 1.165) is 11.8 Å². The Balaban J connectivity index is 2.59. The van der Waals surface area contributed by atoms with Crippen molar-refractivity contribution in [3.63, 3.8) is 0 Å². The molecule has 0 aromatic carbocycles. The maximum absolute atomic E-state index is 2.36. The number of likely N-dealkylation sites (tertiary alicyclic amines) is 1. The summed E-state index contributed by atoms with van der Waals surface area (Å²) in [5, 5.41) is 0. The number of allylic oxidation sites excluding steroid dienone is 1. The molecule has 0 aromatic heterocycles. The lowest BCUT2D eigenvalue weighted by molar-refractivity contribution is -0.880. The minimum Gasteiger partial charge on any atom is -0.328 e. The van der Waals surface area contributed by atoms with Crippen molar-refractivity contribution in [2.24, 2.45) is 11.8 Å². The largest absolute Gasteiger partial charge is 0.328 e. The van der Waals surface area contributed by atoms with Crippen molar-refractivity contribution in [1.29, 1.82) is 0 Å². The topological polar surface area (TPSA) is 0 Å². The summed E-state index contributed by atoms with van der Waals surface area (Å²) < 4.78 is 1.19. The van der Waals surface area contributed by atoms with Crippen LogP contribution < -0.4 is 0 Å². The minimum atomic E-state index is 0.815. The predicted molar refractivity (Wildman–Crippen MR) is 49.3 cm³/mol. The van der Waals surface area contributed by atoms with Crippen LogP contribution in [0.15, 0.2) is 12.2 Å². The molecule has 11 heavy (non-hydrogen) atoms. The van der Waals surface area contributed by atoms with Gasteiger partial charge in [0.25, 0.3) is 0 Å². The molecule has 0 saturated carbocycles. The second-order valence-electron chi connectivity index (χ2n) is 4.47. The summed E-state index contributed by atoms with van der Waals surface area (Å²) in [5.41, 5.74) is 0. The zero-order chi connectivity index (χ0) is 8.48. The first-order valence-electron chi connectivity index (χ1n) is 4.50. The lowest BCUT2D eigenvalue weighted by atomic mass is 9.98. The van der Waals surface area contributed by atoms with Crippen LogP contribution in [0.1, 0.15) is 13.8 Å². The van der Waals surface area contributed by atoms with Crippen molar-refractivity contribution in [3.8, 4) is 0 Å². The molecule has 0 aliphatic carbocycles. The zero-order valence-corrected chi connectivity index (χ0v) is 8.17. The Morgan fingerprint density at radius 2 is 1.91 bits per heavy atom. The molecule has 0 aromatic rings. The normalized spacial score (nSPS) is 36.7. The van der Waals surface area contributed by atoms with Crippen molar-refractivity contribution in [3.05, 3.63) is 12.2 Å². The number of hydrogen-bond acceptors (Lipinski definition) is 0. The molecule has 1 nitrogen and oxygen atoms in total. The third-order valence-corrected chi connectivity index (χ3v) is 2.66. The third kappa shape index (κ3) is 2.06. The monoisotopic (exact) mass is 154 g/mol. The lowest BCUT2D eigenvalue weighted by Crippen LogP contribution is -2.36. The Morgan fingerprint density at radius 1 is 1.27 bits per heavy atom. The van der Waals surface area contributed by atoms with Crippen LogP contribution in [0.5, 0.6) is 0 Å². The third-order valence-electron chi connectivity index (χ3n) is 2.66. The molecule has 1 aliphatic rings. The highest BCUT2D eigenvalue weighted by molar-refractivity contribution is 4.90. The predicted octanol–water partition coefficient (Wildman–Crippen LogP) is 1.90. The molecular weight excluding hydrogens is 134 g/mol. The summed E-state index contributed by atoms with van der Waals surface area (Å²) in [6, 6.07) is 0. The van der Waals surface area contributed by atoms with Crippen LogP contribution in [0.4, 0.5) is 0 Å². The first-order chi connectivity index (χ1) is 5.05. The molecule has 1 saturated heterocycles. The summed E-state index contributed by atoms with van der Waals surface area (Å²) >= 11 is 0. The van der Waals surface area contributed by atoms with Crippen LogP contribution in [0.25, 0.3) is 0 Å². The smallest absolute Gasteiger partial charge is 0.0851 e. The first-order valence-corrected chi connectivity index (χ1v) is 4.50. The van der Waals surface area contributed by atoms with Crippen molar-refractivity contribution >= 4 is 0 Å². The van der Waals surface area contributed by atoms with Crippen molar-refractivity contribution in [2.75, 3.05) is 27.2 Å². The molecule has 2 unspecified atom stereocenters.